The molecule has 0 aromatic heterocycles. The highest BCUT2D eigenvalue weighted by Crippen LogP contribution is 2.20. The predicted molar refractivity (Wildman–Crippen MR) is 61.5 cm³/mol. The van der Waals surface area contributed by atoms with Crippen molar-refractivity contribution in [2.24, 2.45) is 0 Å². The summed E-state index contributed by atoms with van der Waals surface area (Å²) >= 11 is 0. The predicted octanol–water partition coefficient (Wildman–Crippen LogP) is 0.826. The molecule has 16 heavy (non-hydrogen) atoms. The standard InChI is InChI=1S/C12H16N2O2/c1-13-9-6-7-14(8-9)12(16)10-4-2-3-5-11(10)15/h2-5,9,13,15H,6-8H2,1H3. The summed E-state index contributed by atoms with van der Waals surface area (Å²) < 4.78 is 0. The van der Waals surface area contributed by atoms with Crippen LogP contribution in [-0.4, -0.2) is 42.1 Å². The molecule has 2 rings (SSSR count). The third-order valence-electron chi connectivity index (χ3n) is 3.02. The van der Waals surface area contributed by atoms with Crippen molar-refractivity contribution in [1.82, 2.24) is 10.2 Å². The molecule has 0 saturated carbocycles. The van der Waals surface area contributed by atoms with Gasteiger partial charge in [0.2, 0.25) is 0 Å². The lowest BCUT2D eigenvalue weighted by Gasteiger charge is -2.16. The van der Waals surface area contributed by atoms with Gasteiger partial charge in [0.25, 0.3) is 5.91 Å². The number of benzene rings is 1. The summed E-state index contributed by atoms with van der Waals surface area (Å²) in [5.41, 5.74) is 0.388. The van der Waals surface area contributed by atoms with Crippen molar-refractivity contribution in [2.45, 2.75) is 12.5 Å². The Morgan fingerprint density at radius 2 is 2.25 bits per heavy atom. The van der Waals surface area contributed by atoms with Gasteiger partial charge in [-0.25, -0.2) is 0 Å². The minimum atomic E-state index is -0.0872. The number of carbonyl (C=O) groups is 1. The van der Waals surface area contributed by atoms with Gasteiger partial charge in [-0.15, -0.1) is 0 Å². The number of para-hydroxylation sites is 1. The van der Waals surface area contributed by atoms with E-state index in [1.165, 1.54) is 0 Å². The maximum absolute atomic E-state index is 12.1. The van der Waals surface area contributed by atoms with E-state index < -0.39 is 0 Å². The molecule has 1 aliphatic heterocycles. The van der Waals surface area contributed by atoms with Crippen LogP contribution < -0.4 is 5.32 Å². The van der Waals surface area contributed by atoms with Crippen LogP contribution in [0.3, 0.4) is 0 Å². The Morgan fingerprint density at radius 1 is 1.50 bits per heavy atom. The number of likely N-dealkylation sites (N-methyl/N-ethyl adjacent to an activating group) is 1. The second kappa shape index (κ2) is 4.53. The van der Waals surface area contributed by atoms with E-state index in [1.807, 2.05) is 7.05 Å². The maximum atomic E-state index is 12.1. The molecule has 1 aliphatic rings. The van der Waals surface area contributed by atoms with E-state index in [9.17, 15) is 9.90 Å². The van der Waals surface area contributed by atoms with Gasteiger partial charge >= 0.3 is 0 Å². The zero-order valence-corrected chi connectivity index (χ0v) is 9.31. The molecule has 86 valence electrons. The first kappa shape index (κ1) is 11.0. The molecule has 1 atom stereocenters. The van der Waals surface area contributed by atoms with Gasteiger partial charge in [0, 0.05) is 19.1 Å². The summed E-state index contributed by atoms with van der Waals surface area (Å²) in [6, 6.07) is 7.05. The molecule has 4 nitrogen and oxygen atoms in total. The molecule has 4 heteroatoms. The summed E-state index contributed by atoms with van der Waals surface area (Å²) in [5.74, 6) is -0.0312. The number of carbonyl (C=O) groups excluding carboxylic acids is 1. The summed E-state index contributed by atoms with van der Waals surface area (Å²) in [6.45, 7) is 1.46. The highest BCUT2D eigenvalue weighted by Gasteiger charge is 2.26. The summed E-state index contributed by atoms with van der Waals surface area (Å²) in [4.78, 5) is 13.8. The van der Waals surface area contributed by atoms with Crippen molar-refractivity contribution in [1.29, 1.82) is 0 Å². The quantitative estimate of drug-likeness (QED) is 0.776. The van der Waals surface area contributed by atoms with Gasteiger partial charge in [-0.2, -0.15) is 0 Å². The van der Waals surface area contributed by atoms with E-state index in [0.29, 0.717) is 18.2 Å². The van der Waals surface area contributed by atoms with Crippen molar-refractivity contribution in [3.05, 3.63) is 29.8 Å². The SMILES string of the molecule is CNC1CCN(C(=O)c2ccccc2O)C1. The molecule has 1 amide bonds. The highest BCUT2D eigenvalue weighted by molar-refractivity contribution is 5.96. The smallest absolute Gasteiger partial charge is 0.257 e. The third-order valence-corrected chi connectivity index (χ3v) is 3.02. The second-order valence-corrected chi connectivity index (χ2v) is 4.04. The lowest BCUT2D eigenvalue weighted by Crippen LogP contribution is -2.33. The summed E-state index contributed by atoms with van der Waals surface area (Å²) in [5, 5.41) is 12.8. The van der Waals surface area contributed by atoms with E-state index in [4.69, 9.17) is 0 Å². The topological polar surface area (TPSA) is 52.6 Å². The van der Waals surface area contributed by atoms with Crippen molar-refractivity contribution in [3.8, 4) is 5.75 Å². The normalized spacial score (nSPS) is 20.1. The average molecular weight is 220 g/mol. The van der Waals surface area contributed by atoms with Crippen molar-refractivity contribution < 1.29 is 9.90 Å². The van der Waals surface area contributed by atoms with E-state index in [2.05, 4.69) is 5.32 Å². The number of nitrogens with one attached hydrogen (secondary N) is 1. The van der Waals surface area contributed by atoms with Crippen molar-refractivity contribution >= 4 is 5.91 Å². The molecule has 0 spiro atoms. The first-order chi connectivity index (χ1) is 7.72. The van der Waals surface area contributed by atoms with E-state index in [0.717, 1.165) is 13.0 Å². The zero-order valence-electron chi connectivity index (χ0n) is 9.31. The number of rotatable bonds is 2. The Morgan fingerprint density at radius 3 is 2.88 bits per heavy atom. The fourth-order valence-corrected chi connectivity index (χ4v) is 2.01. The second-order valence-electron chi connectivity index (χ2n) is 4.04. The minimum Gasteiger partial charge on any atom is -0.507 e. The van der Waals surface area contributed by atoms with Crippen LogP contribution in [0.25, 0.3) is 0 Å². The van der Waals surface area contributed by atoms with Crippen LogP contribution in [0.15, 0.2) is 24.3 Å². The summed E-state index contributed by atoms with van der Waals surface area (Å²) in [7, 11) is 1.90. The Kier molecular flexibility index (Phi) is 3.10. The largest absolute Gasteiger partial charge is 0.507 e. The van der Waals surface area contributed by atoms with Crippen LogP contribution in [0.5, 0.6) is 5.75 Å². The van der Waals surface area contributed by atoms with Gasteiger partial charge in [0.05, 0.1) is 5.56 Å². The van der Waals surface area contributed by atoms with E-state index >= 15 is 0 Å². The lowest BCUT2D eigenvalue weighted by atomic mass is 10.2. The van der Waals surface area contributed by atoms with Gasteiger partial charge < -0.3 is 15.3 Å². The number of likely N-dealkylation sites (tertiary alicyclic amines) is 1. The van der Waals surface area contributed by atoms with Gasteiger partial charge in [-0.3, -0.25) is 4.79 Å². The van der Waals surface area contributed by atoms with Crippen LogP contribution in [0, 0.1) is 0 Å². The molecule has 1 saturated heterocycles. The number of nitrogens with zero attached hydrogens (tertiary/aromatic N) is 1. The fraction of sp³-hybridized carbons (Fsp3) is 0.417. The Balaban J connectivity index is 2.12. The lowest BCUT2D eigenvalue weighted by molar-refractivity contribution is 0.0786. The molecular weight excluding hydrogens is 204 g/mol. The van der Waals surface area contributed by atoms with Gasteiger partial charge in [0.1, 0.15) is 5.75 Å². The first-order valence-electron chi connectivity index (χ1n) is 5.47. The molecule has 1 fully saturated rings. The third kappa shape index (κ3) is 2.02. The first-order valence-corrected chi connectivity index (χ1v) is 5.47. The molecule has 1 unspecified atom stereocenters. The number of hydrogen-bond donors (Lipinski definition) is 2. The average Bonchev–Trinajstić information content (AvgIpc) is 2.77. The van der Waals surface area contributed by atoms with Crippen molar-refractivity contribution in [2.75, 3.05) is 20.1 Å². The maximum Gasteiger partial charge on any atom is 0.257 e. The molecule has 0 radical (unpaired) electrons. The Bertz CT molecular complexity index is 392. The molecular formula is C12H16N2O2. The molecule has 0 bridgehead atoms. The van der Waals surface area contributed by atoms with Crippen molar-refractivity contribution in [3.63, 3.8) is 0 Å². The van der Waals surface area contributed by atoms with Gasteiger partial charge in [-0.1, -0.05) is 12.1 Å². The Hall–Kier alpha value is -1.55. The van der Waals surface area contributed by atoms with Crippen LogP contribution in [0.2, 0.25) is 0 Å². The zero-order chi connectivity index (χ0) is 11.5. The number of phenols is 1. The van der Waals surface area contributed by atoms with Crippen LogP contribution in [0.1, 0.15) is 16.8 Å². The number of phenolic OH excluding ortho intramolecular Hbond substituents is 1. The van der Waals surface area contributed by atoms with Crippen LogP contribution in [-0.2, 0) is 0 Å². The highest BCUT2D eigenvalue weighted by atomic mass is 16.3. The molecule has 0 aliphatic carbocycles. The van der Waals surface area contributed by atoms with E-state index in [1.54, 1.807) is 29.2 Å². The monoisotopic (exact) mass is 220 g/mol. The minimum absolute atomic E-state index is 0.0559. The number of aromatic hydroxyl groups is 1. The van der Waals surface area contributed by atoms with Gasteiger partial charge in [0.15, 0.2) is 0 Å². The van der Waals surface area contributed by atoms with Gasteiger partial charge in [-0.05, 0) is 25.6 Å². The molecule has 1 aromatic carbocycles. The van der Waals surface area contributed by atoms with E-state index in [-0.39, 0.29) is 11.7 Å². The molecule has 1 heterocycles. The Labute approximate surface area is 94.9 Å². The van der Waals surface area contributed by atoms with Crippen LogP contribution >= 0.6 is 0 Å². The molecule has 2 N–H and O–H groups in total. The number of amides is 1. The number of hydrogen-bond acceptors (Lipinski definition) is 3. The molecule has 1 aromatic rings. The summed E-state index contributed by atoms with van der Waals surface area (Å²) in [6.07, 6.45) is 0.968. The van der Waals surface area contributed by atoms with Crippen LogP contribution in [0.4, 0.5) is 0 Å². The fourth-order valence-electron chi connectivity index (χ4n) is 2.01.